The molecule has 2 aliphatic rings. The van der Waals surface area contributed by atoms with Gasteiger partial charge in [-0.15, -0.1) is 12.3 Å². The molecule has 1 unspecified atom stereocenters. The van der Waals surface area contributed by atoms with Crippen LogP contribution < -0.4 is 0 Å². The molecule has 0 radical (unpaired) electrons. The summed E-state index contributed by atoms with van der Waals surface area (Å²) in [4.78, 5) is 0. The number of terminal acetylenes is 1. The van der Waals surface area contributed by atoms with Crippen LogP contribution in [-0.4, -0.2) is 11.2 Å². The molecule has 0 aromatic rings. The molecular weight excluding hydrogens is 196 g/mol. The quantitative estimate of drug-likeness (QED) is 0.489. The summed E-state index contributed by atoms with van der Waals surface area (Å²) in [6.45, 7) is 8.92. The van der Waals surface area contributed by atoms with Crippen LogP contribution in [0.15, 0.2) is 11.1 Å². The molecule has 1 heteroatoms. The van der Waals surface area contributed by atoms with Crippen molar-refractivity contribution in [1.29, 1.82) is 0 Å². The molecule has 2 rings (SSSR count). The van der Waals surface area contributed by atoms with Crippen LogP contribution in [0.4, 0.5) is 0 Å². The Hall–Kier alpha value is -0.740. The van der Waals surface area contributed by atoms with Crippen LogP contribution in [0.2, 0.25) is 0 Å². The van der Waals surface area contributed by atoms with E-state index in [4.69, 9.17) is 6.42 Å². The van der Waals surface area contributed by atoms with Crippen molar-refractivity contribution in [3.8, 4) is 12.3 Å². The first-order chi connectivity index (χ1) is 7.44. The highest BCUT2D eigenvalue weighted by molar-refractivity contribution is 5.35. The zero-order chi connectivity index (χ0) is 12.1. The predicted molar refractivity (Wildman–Crippen MR) is 66.7 cm³/mol. The maximum absolute atomic E-state index is 10.0. The first kappa shape index (κ1) is 11.7. The molecule has 5 atom stereocenters. The van der Waals surface area contributed by atoms with E-state index in [2.05, 4.69) is 33.6 Å². The molecule has 88 valence electrons. The topological polar surface area (TPSA) is 20.2 Å². The Morgan fingerprint density at radius 1 is 1.44 bits per heavy atom. The van der Waals surface area contributed by atoms with Crippen LogP contribution in [0.25, 0.3) is 0 Å². The summed E-state index contributed by atoms with van der Waals surface area (Å²) < 4.78 is 0. The van der Waals surface area contributed by atoms with Crippen LogP contribution in [0.5, 0.6) is 0 Å². The molecular formula is C15H22O. The van der Waals surface area contributed by atoms with Crippen LogP contribution >= 0.6 is 0 Å². The summed E-state index contributed by atoms with van der Waals surface area (Å²) in [5.41, 5.74) is 3.16. The summed E-state index contributed by atoms with van der Waals surface area (Å²) in [5.74, 6) is 4.01. The molecule has 0 amide bonds. The summed E-state index contributed by atoms with van der Waals surface area (Å²) in [6.07, 6.45) is 7.28. The van der Waals surface area contributed by atoms with Crippen molar-refractivity contribution in [1.82, 2.24) is 0 Å². The van der Waals surface area contributed by atoms with E-state index in [1.807, 2.05) is 0 Å². The van der Waals surface area contributed by atoms with Crippen molar-refractivity contribution in [3.63, 3.8) is 0 Å². The summed E-state index contributed by atoms with van der Waals surface area (Å²) >= 11 is 0. The number of allylic oxidation sites excluding steroid dienone is 2. The lowest BCUT2D eigenvalue weighted by molar-refractivity contribution is -0.0890. The van der Waals surface area contributed by atoms with Gasteiger partial charge in [-0.25, -0.2) is 0 Å². The SMILES string of the molecule is C#C[C@@H]1[C@@H](O)CC[C@H]2C(=C(C)C)C(C)[C@@]12C. The molecule has 1 N–H and O–H groups in total. The van der Waals surface area contributed by atoms with E-state index in [0.717, 1.165) is 12.8 Å². The van der Waals surface area contributed by atoms with Crippen molar-refractivity contribution >= 4 is 0 Å². The Balaban J connectivity index is 2.39. The van der Waals surface area contributed by atoms with Crippen molar-refractivity contribution in [2.24, 2.45) is 23.2 Å². The van der Waals surface area contributed by atoms with Crippen LogP contribution in [0.3, 0.4) is 0 Å². The van der Waals surface area contributed by atoms with Gasteiger partial charge in [-0.3, -0.25) is 0 Å². The number of aliphatic hydroxyl groups excluding tert-OH is 1. The molecule has 2 aliphatic carbocycles. The molecule has 0 aliphatic heterocycles. The summed E-state index contributed by atoms with van der Waals surface area (Å²) in [7, 11) is 0. The number of fused-ring (bicyclic) bond motifs is 1. The second-order valence-corrected chi connectivity index (χ2v) is 5.88. The third-order valence-electron chi connectivity index (χ3n) is 5.09. The molecule has 0 heterocycles. The van der Waals surface area contributed by atoms with Gasteiger partial charge in [0.25, 0.3) is 0 Å². The minimum Gasteiger partial charge on any atom is -0.392 e. The van der Waals surface area contributed by atoms with Gasteiger partial charge in [-0.2, -0.15) is 0 Å². The average Bonchev–Trinajstić information content (AvgIpc) is 2.21. The predicted octanol–water partition coefficient (Wildman–Crippen LogP) is 3.00. The lowest BCUT2D eigenvalue weighted by Crippen LogP contribution is -2.58. The maximum atomic E-state index is 10.0. The molecule has 0 bridgehead atoms. The molecule has 0 saturated heterocycles. The minimum absolute atomic E-state index is 0.0318. The van der Waals surface area contributed by atoms with E-state index in [0.29, 0.717) is 11.8 Å². The van der Waals surface area contributed by atoms with E-state index in [9.17, 15) is 5.11 Å². The van der Waals surface area contributed by atoms with Gasteiger partial charge in [0.15, 0.2) is 0 Å². The maximum Gasteiger partial charge on any atom is 0.0683 e. The zero-order valence-corrected chi connectivity index (χ0v) is 10.7. The van der Waals surface area contributed by atoms with Gasteiger partial charge in [0, 0.05) is 0 Å². The van der Waals surface area contributed by atoms with Gasteiger partial charge in [0.2, 0.25) is 0 Å². The smallest absolute Gasteiger partial charge is 0.0683 e. The Bertz CT molecular complexity index is 369. The molecule has 0 spiro atoms. The number of rotatable bonds is 0. The molecule has 0 aromatic heterocycles. The van der Waals surface area contributed by atoms with E-state index in [1.54, 1.807) is 5.57 Å². The van der Waals surface area contributed by atoms with E-state index in [1.165, 1.54) is 5.57 Å². The highest BCUT2D eigenvalue weighted by atomic mass is 16.3. The molecule has 16 heavy (non-hydrogen) atoms. The fraction of sp³-hybridized carbons (Fsp3) is 0.733. The number of hydrogen-bond donors (Lipinski definition) is 1. The van der Waals surface area contributed by atoms with E-state index >= 15 is 0 Å². The van der Waals surface area contributed by atoms with Crippen LogP contribution in [0, 0.1) is 35.5 Å². The number of hydrogen-bond acceptors (Lipinski definition) is 1. The van der Waals surface area contributed by atoms with Gasteiger partial charge in [-0.05, 0) is 43.9 Å². The van der Waals surface area contributed by atoms with Crippen molar-refractivity contribution < 1.29 is 5.11 Å². The first-order valence-electron chi connectivity index (χ1n) is 6.26. The van der Waals surface area contributed by atoms with Gasteiger partial charge in [0.05, 0.1) is 12.0 Å². The lowest BCUT2D eigenvalue weighted by Gasteiger charge is -2.62. The van der Waals surface area contributed by atoms with Crippen molar-refractivity contribution in [2.75, 3.05) is 0 Å². The molecule has 2 fully saturated rings. The first-order valence-corrected chi connectivity index (χ1v) is 6.26. The van der Waals surface area contributed by atoms with Gasteiger partial charge >= 0.3 is 0 Å². The van der Waals surface area contributed by atoms with Gasteiger partial charge < -0.3 is 5.11 Å². The lowest BCUT2D eigenvalue weighted by atomic mass is 9.42. The fourth-order valence-electron chi connectivity index (χ4n) is 4.12. The van der Waals surface area contributed by atoms with Crippen LogP contribution in [-0.2, 0) is 0 Å². The molecule has 2 saturated carbocycles. The van der Waals surface area contributed by atoms with Crippen molar-refractivity contribution in [2.45, 2.75) is 46.6 Å². The summed E-state index contributed by atoms with van der Waals surface area (Å²) in [5, 5.41) is 10.0. The number of aliphatic hydroxyl groups is 1. The minimum atomic E-state index is -0.299. The van der Waals surface area contributed by atoms with E-state index < -0.39 is 0 Å². The van der Waals surface area contributed by atoms with Gasteiger partial charge in [0.1, 0.15) is 0 Å². The monoisotopic (exact) mass is 218 g/mol. The molecule has 1 nitrogen and oxygen atoms in total. The van der Waals surface area contributed by atoms with E-state index in [-0.39, 0.29) is 17.4 Å². The normalized spacial score (nSPS) is 46.6. The third-order valence-corrected chi connectivity index (χ3v) is 5.09. The second kappa shape index (κ2) is 3.64. The van der Waals surface area contributed by atoms with Gasteiger partial charge in [-0.1, -0.05) is 25.0 Å². The molecule has 0 aromatic carbocycles. The fourth-order valence-corrected chi connectivity index (χ4v) is 4.12. The highest BCUT2D eigenvalue weighted by Crippen LogP contribution is 2.65. The zero-order valence-electron chi connectivity index (χ0n) is 10.7. The van der Waals surface area contributed by atoms with Crippen molar-refractivity contribution in [3.05, 3.63) is 11.1 Å². The van der Waals surface area contributed by atoms with Crippen LogP contribution in [0.1, 0.15) is 40.5 Å². The average molecular weight is 218 g/mol. The Labute approximate surface area is 98.9 Å². The Morgan fingerprint density at radius 2 is 2.06 bits per heavy atom. The standard InChI is InChI=1S/C15H22O/c1-6-11-13(16)8-7-12-14(9(2)3)10(4)15(11,12)5/h1,10-13,16H,7-8H2,2-5H3/t10?,11-,12+,13+,15+/m1/s1. The third kappa shape index (κ3) is 1.23. The summed E-state index contributed by atoms with van der Waals surface area (Å²) in [6, 6.07) is 0. The Morgan fingerprint density at radius 3 is 2.56 bits per heavy atom. The Kier molecular flexibility index (Phi) is 2.67. The highest BCUT2D eigenvalue weighted by Gasteiger charge is 2.60. The largest absolute Gasteiger partial charge is 0.392 e. The second-order valence-electron chi connectivity index (χ2n) is 5.88.